The summed E-state index contributed by atoms with van der Waals surface area (Å²) in [4.78, 5) is 22.0. The van der Waals surface area contributed by atoms with Gasteiger partial charge in [-0.2, -0.15) is 0 Å². The van der Waals surface area contributed by atoms with E-state index in [9.17, 15) is 9.59 Å². The van der Waals surface area contributed by atoms with Crippen LogP contribution < -0.4 is 14.8 Å². The number of para-hydroxylation sites is 1. The lowest BCUT2D eigenvalue weighted by atomic mass is 10.2. The van der Waals surface area contributed by atoms with Gasteiger partial charge in [0.15, 0.2) is 11.5 Å². The minimum absolute atomic E-state index is 0.0783. The number of hydrogen-bond acceptors (Lipinski definition) is 5. The number of carbonyl (C=O) groups is 2. The number of carboxylic acids is 1. The van der Waals surface area contributed by atoms with E-state index in [4.69, 9.17) is 14.6 Å². The molecule has 0 saturated carbocycles. The van der Waals surface area contributed by atoms with Gasteiger partial charge in [-0.1, -0.05) is 12.1 Å². The summed E-state index contributed by atoms with van der Waals surface area (Å²) < 4.78 is 11.2. The lowest BCUT2D eigenvalue weighted by Crippen LogP contribution is -2.25. The molecule has 1 aromatic carbocycles. The van der Waals surface area contributed by atoms with E-state index < -0.39 is 5.97 Å². The van der Waals surface area contributed by atoms with Crippen LogP contribution in [-0.2, 0) is 16.1 Å². The largest absolute Gasteiger partial charge is 0.490 e. The van der Waals surface area contributed by atoms with Crippen molar-refractivity contribution in [2.24, 2.45) is 0 Å². The number of thioether (sulfide) groups is 1. The first-order valence-electron chi connectivity index (χ1n) is 6.60. The average Bonchev–Trinajstić information content (AvgIpc) is 2.70. The molecule has 1 aliphatic heterocycles. The molecule has 1 aliphatic rings. The Morgan fingerprint density at radius 2 is 2.05 bits per heavy atom. The summed E-state index contributed by atoms with van der Waals surface area (Å²) in [5.74, 6) is 0.289. The van der Waals surface area contributed by atoms with Gasteiger partial charge in [-0.15, -0.1) is 11.8 Å². The highest BCUT2D eigenvalue weighted by molar-refractivity contribution is 8.00. The molecule has 0 aromatic heterocycles. The highest BCUT2D eigenvalue weighted by Gasteiger charge is 2.14. The molecule has 0 radical (unpaired) electrons. The van der Waals surface area contributed by atoms with E-state index in [0.29, 0.717) is 31.3 Å². The van der Waals surface area contributed by atoms with E-state index in [2.05, 4.69) is 5.32 Å². The lowest BCUT2D eigenvalue weighted by molar-refractivity contribution is -0.133. The van der Waals surface area contributed by atoms with Crippen LogP contribution in [0, 0.1) is 0 Å². The summed E-state index contributed by atoms with van der Waals surface area (Å²) in [5, 5.41) is 11.3. The first-order chi connectivity index (χ1) is 10.2. The van der Waals surface area contributed by atoms with E-state index in [1.165, 1.54) is 0 Å². The molecule has 1 aromatic rings. The molecule has 0 unspecified atom stereocenters. The van der Waals surface area contributed by atoms with Crippen molar-refractivity contribution in [1.29, 1.82) is 0 Å². The fraction of sp³-hybridized carbons (Fsp3) is 0.429. The van der Waals surface area contributed by atoms with Crippen molar-refractivity contribution in [3.8, 4) is 11.5 Å². The van der Waals surface area contributed by atoms with Crippen LogP contribution in [0.15, 0.2) is 18.2 Å². The van der Waals surface area contributed by atoms with Gasteiger partial charge in [0.2, 0.25) is 5.91 Å². The van der Waals surface area contributed by atoms with Gasteiger partial charge in [0.25, 0.3) is 0 Å². The first-order valence-corrected chi connectivity index (χ1v) is 7.76. The monoisotopic (exact) mass is 311 g/mol. The Balaban J connectivity index is 1.88. The third kappa shape index (κ3) is 4.86. The quantitative estimate of drug-likeness (QED) is 0.823. The SMILES string of the molecule is O=C(O)CSCC(=O)NCc1cccc2c1OCCCO2. The van der Waals surface area contributed by atoms with E-state index in [0.717, 1.165) is 23.7 Å². The van der Waals surface area contributed by atoms with Crippen LogP contribution in [0.3, 0.4) is 0 Å². The Morgan fingerprint density at radius 1 is 1.24 bits per heavy atom. The summed E-state index contributed by atoms with van der Waals surface area (Å²) in [6, 6.07) is 5.57. The Bertz CT molecular complexity index is 520. The van der Waals surface area contributed by atoms with Crippen molar-refractivity contribution >= 4 is 23.6 Å². The molecule has 0 spiro atoms. The molecule has 0 saturated heterocycles. The Labute approximate surface area is 126 Å². The van der Waals surface area contributed by atoms with Crippen molar-refractivity contribution in [1.82, 2.24) is 5.32 Å². The van der Waals surface area contributed by atoms with Gasteiger partial charge in [0, 0.05) is 18.5 Å². The highest BCUT2D eigenvalue weighted by atomic mass is 32.2. The molecule has 21 heavy (non-hydrogen) atoms. The van der Waals surface area contributed by atoms with Gasteiger partial charge in [-0.05, 0) is 6.07 Å². The number of ether oxygens (including phenoxy) is 2. The van der Waals surface area contributed by atoms with Crippen LogP contribution in [0.5, 0.6) is 11.5 Å². The normalized spacial score (nSPS) is 13.3. The smallest absolute Gasteiger partial charge is 0.313 e. The van der Waals surface area contributed by atoms with Crippen molar-refractivity contribution in [3.05, 3.63) is 23.8 Å². The number of benzene rings is 1. The molecule has 2 N–H and O–H groups in total. The zero-order valence-electron chi connectivity index (χ0n) is 11.5. The molecule has 1 heterocycles. The second-order valence-electron chi connectivity index (χ2n) is 4.46. The van der Waals surface area contributed by atoms with Crippen molar-refractivity contribution < 1.29 is 24.2 Å². The zero-order valence-corrected chi connectivity index (χ0v) is 12.3. The van der Waals surface area contributed by atoms with Gasteiger partial charge in [0.1, 0.15) is 0 Å². The van der Waals surface area contributed by atoms with Crippen LogP contribution in [-0.4, -0.2) is 41.7 Å². The summed E-state index contributed by atoms with van der Waals surface area (Å²) in [6.07, 6.45) is 0.826. The number of rotatable bonds is 6. The van der Waals surface area contributed by atoms with Gasteiger partial charge in [-0.3, -0.25) is 9.59 Å². The van der Waals surface area contributed by atoms with Crippen LogP contribution in [0.25, 0.3) is 0 Å². The molecule has 0 bridgehead atoms. The predicted octanol–water partition coefficient (Wildman–Crippen LogP) is 1.28. The molecule has 0 atom stereocenters. The second kappa shape index (κ2) is 7.78. The molecular formula is C14H17NO5S. The predicted molar refractivity (Wildman–Crippen MR) is 78.9 cm³/mol. The summed E-state index contributed by atoms with van der Waals surface area (Å²) in [5.41, 5.74) is 0.853. The van der Waals surface area contributed by atoms with Crippen LogP contribution in [0.1, 0.15) is 12.0 Å². The van der Waals surface area contributed by atoms with Crippen molar-refractivity contribution in [2.75, 3.05) is 24.7 Å². The van der Waals surface area contributed by atoms with E-state index in [1.807, 2.05) is 18.2 Å². The minimum Gasteiger partial charge on any atom is -0.490 e. The standard InChI is InChI=1S/C14H17NO5S/c16-12(8-21-9-13(17)18)15-7-10-3-1-4-11-14(10)20-6-2-5-19-11/h1,3-4H,2,5-9H2,(H,15,16)(H,17,18). The van der Waals surface area contributed by atoms with Gasteiger partial charge >= 0.3 is 5.97 Å². The zero-order chi connectivity index (χ0) is 15.1. The minimum atomic E-state index is -0.924. The number of hydrogen-bond donors (Lipinski definition) is 2. The molecule has 7 heteroatoms. The number of aliphatic carboxylic acids is 1. The topological polar surface area (TPSA) is 84.9 Å². The van der Waals surface area contributed by atoms with Crippen LogP contribution in [0.4, 0.5) is 0 Å². The van der Waals surface area contributed by atoms with Gasteiger partial charge in [-0.25, -0.2) is 0 Å². The van der Waals surface area contributed by atoms with Crippen LogP contribution >= 0.6 is 11.8 Å². The first kappa shape index (κ1) is 15.5. The van der Waals surface area contributed by atoms with Crippen molar-refractivity contribution in [3.63, 3.8) is 0 Å². The number of carboxylic acid groups (broad SMARTS) is 1. The van der Waals surface area contributed by atoms with E-state index in [-0.39, 0.29) is 17.4 Å². The second-order valence-corrected chi connectivity index (χ2v) is 5.44. The highest BCUT2D eigenvalue weighted by Crippen LogP contribution is 2.33. The fourth-order valence-corrected chi connectivity index (χ4v) is 2.43. The number of fused-ring (bicyclic) bond motifs is 1. The Morgan fingerprint density at radius 3 is 2.86 bits per heavy atom. The average molecular weight is 311 g/mol. The summed E-state index contributed by atoms with van der Waals surface area (Å²) in [6.45, 7) is 1.54. The molecule has 2 rings (SSSR count). The van der Waals surface area contributed by atoms with Gasteiger partial charge in [0.05, 0.1) is 24.7 Å². The maximum atomic E-state index is 11.6. The number of amides is 1. The molecule has 114 valence electrons. The van der Waals surface area contributed by atoms with E-state index in [1.54, 1.807) is 0 Å². The fourth-order valence-electron chi connectivity index (χ4n) is 1.87. The molecule has 1 amide bonds. The molecule has 0 fully saturated rings. The van der Waals surface area contributed by atoms with Gasteiger partial charge < -0.3 is 19.9 Å². The molecule has 0 aliphatic carbocycles. The summed E-state index contributed by atoms with van der Waals surface area (Å²) in [7, 11) is 0. The third-order valence-electron chi connectivity index (χ3n) is 2.79. The Hall–Kier alpha value is -1.89. The Kier molecular flexibility index (Phi) is 5.74. The number of carbonyl (C=O) groups excluding carboxylic acids is 1. The lowest BCUT2D eigenvalue weighted by Gasteiger charge is -2.13. The maximum absolute atomic E-state index is 11.6. The number of nitrogens with one attached hydrogen (secondary N) is 1. The van der Waals surface area contributed by atoms with E-state index >= 15 is 0 Å². The van der Waals surface area contributed by atoms with Crippen LogP contribution in [0.2, 0.25) is 0 Å². The molecule has 6 nitrogen and oxygen atoms in total. The summed E-state index contributed by atoms with van der Waals surface area (Å²) >= 11 is 1.07. The third-order valence-corrected chi connectivity index (χ3v) is 3.71. The molecular weight excluding hydrogens is 294 g/mol. The van der Waals surface area contributed by atoms with Crippen molar-refractivity contribution in [2.45, 2.75) is 13.0 Å². The maximum Gasteiger partial charge on any atom is 0.313 e.